The molecule has 0 saturated carbocycles. The molecule has 0 aliphatic rings. The van der Waals surface area contributed by atoms with Crippen molar-refractivity contribution < 1.29 is 14.6 Å². The molecule has 166 valence electrons. The fraction of sp³-hybridized carbons (Fsp3) is 0.417. The van der Waals surface area contributed by atoms with Crippen molar-refractivity contribution in [2.24, 2.45) is 0 Å². The smallest absolute Gasteiger partial charge is 0.260 e. The third-order valence-electron chi connectivity index (χ3n) is 5.49. The molecule has 0 spiro atoms. The lowest BCUT2D eigenvalue weighted by atomic mass is 10.1. The van der Waals surface area contributed by atoms with Crippen LogP contribution in [0, 0.1) is 0 Å². The van der Waals surface area contributed by atoms with Crippen LogP contribution in [0.25, 0.3) is 10.9 Å². The molecular weight excluding hydrogens is 392 g/mol. The van der Waals surface area contributed by atoms with E-state index in [4.69, 9.17) is 4.74 Å². The zero-order valence-electron chi connectivity index (χ0n) is 18.5. The van der Waals surface area contributed by atoms with Crippen LogP contribution in [0.4, 0.5) is 0 Å². The van der Waals surface area contributed by atoms with Crippen LogP contribution in [-0.4, -0.2) is 58.2 Å². The van der Waals surface area contributed by atoms with E-state index in [-0.39, 0.29) is 18.6 Å². The monoisotopic (exact) mass is 424 g/mol. The Labute approximate surface area is 183 Å². The molecule has 2 heterocycles. The van der Waals surface area contributed by atoms with Crippen LogP contribution in [0.15, 0.2) is 48.9 Å². The molecule has 0 saturated heterocycles. The first-order valence-corrected chi connectivity index (χ1v) is 10.8. The van der Waals surface area contributed by atoms with Gasteiger partial charge in [0.05, 0.1) is 11.6 Å². The molecule has 0 radical (unpaired) electrons. The molecule has 3 aromatic rings. The molecule has 2 aromatic heterocycles. The van der Waals surface area contributed by atoms with E-state index in [2.05, 4.69) is 28.3 Å². The van der Waals surface area contributed by atoms with Crippen LogP contribution >= 0.6 is 0 Å². The maximum atomic E-state index is 12.3. The van der Waals surface area contributed by atoms with Gasteiger partial charge in [-0.15, -0.1) is 0 Å². The number of aliphatic hydroxyl groups is 1. The first-order valence-electron chi connectivity index (χ1n) is 10.8. The average Bonchev–Trinajstić information content (AvgIpc) is 3.20. The van der Waals surface area contributed by atoms with Crippen LogP contribution < -0.4 is 10.1 Å². The minimum atomic E-state index is -0.595. The number of rotatable bonds is 11. The van der Waals surface area contributed by atoms with E-state index in [0.29, 0.717) is 25.4 Å². The first kappa shape index (κ1) is 22.8. The molecular formula is C24H32N4O3. The van der Waals surface area contributed by atoms with Gasteiger partial charge in [-0.05, 0) is 44.9 Å². The number of aromatic nitrogens is 2. The van der Waals surface area contributed by atoms with E-state index >= 15 is 0 Å². The van der Waals surface area contributed by atoms with Gasteiger partial charge in [0.2, 0.25) is 0 Å². The zero-order chi connectivity index (χ0) is 22.2. The summed E-state index contributed by atoms with van der Waals surface area (Å²) in [7, 11) is 0. The number of aliphatic hydroxyl groups excluding tert-OH is 1. The lowest BCUT2D eigenvalue weighted by Gasteiger charge is -2.19. The Balaban J connectivity index is 1.60. The number of benzene rings is 1. The fourth-order valence-electron chi connectivity index (χ4n) is 3.69. The van der Waals surface area contributed by atoms with E-state index < -0.39 is 6.10 Å². The van der Waals surface area contributed by atoms with Gasteiger partial charge in [-0.3, -0.25) is 9.78 Å². The molecule has 2 atom stereocenters. The van der Waals surface area contributed by atoms with E-state index in [0.717, 1.165) is 28.5 Å². The van der Waals surface area contributed by atoms with Crippen LogP contribution in [0.1, 0.15) is 38.0 Å². The summed E-state index contributed by atoms with van der Waals surface area (Å²) in [6, 6.07) is 9.74. The van der Waals surface area contributed by atoms with Crippen LogP contribution in [0.3, 0.4) is 0 Å². The predicted molar refractivity (Wildman–Crippen MR) is 122 cm³/mol. The summed E-state index contributed by atoms with van der Waals surface area (Å²) in [6.07, 6.45) is 5.56. The number of nitrogens with zero attached hydrogens (tertiary/aromatic N) is 2. The number of hydrogen-bond acceptors (Lipinski definition) is 5. The maximum Gasteiger partial charge on any atom is 0.260 e. The predicted octanol–water partition coefficient (Wildman–Crippen LogP) is 3.06. The number of para-hydroxylation sites is 1. The largest absolute Gasteiger partial charge is 0.482 e. The van der Waals surface area contributed by atoms with E-state index in [1.54, 1.807) is 17.3 Å². The molecule has 0 bridgehead atoms. The highest BCUT2D eigenvalue weighted by Crippen LogP contribution is 2.28. The van der Waals surface area contributed by atoms with Gasteiger partial charge in [-0.2, -0.15) is 0 Å². The third-order valence-corrected chi connectivity index (χ3v) is 5.49. The Hall–Kier alpha value is -2.90. The molecule has 3 rings (SSSR count). The second-order valence-corrected chi connectivity index (χ2v) is 7.66. The van der Waals surface area contributed by atoms with Crippen molar-refractivity contribution in [3.63, 3.8) is 0 Å². The number of hydrogen-bond donors (Lipinski definition) is 3. The lowest BCUT2D eigenvalue weighted by molar-refractivity contribution is -0.132. The Morgan fingerprint density at radius 1 is 1.26 bits per heavy atom. The number of carbonyl (C=O) groups is 1. The number of likely N-dealkylation sites (N-methyl/N-ethyl adjacent to an activating group) is 1. The summed E-state index contributed by atoms with van der Waals surface area (Å²) in [6.45, 7) is 7.86. The van der Waals surface area contributed by atoms with Gasteiger partial charge in [-0.1, -0.05) is 18.2 Å². The van der Waals surface area contributed by atoms with Gasteiger partial charge in [-0.25, -0.2) is 0 Å². The Bertz CT molecular complexity index is 969. The van der Waals surface area contributed by atoms with Crippen molar-refractivity contribution in [1.82, 2.24) is 20.2 Å². The molecule has 0 fully saturated rings. The van der Waals surface area contributed by atoms with Gasteiger partial charge in [0, 0.05) is 55.2 Å². The second kappa shape index (κ2) is 10.9. The average molecular weight is 425 g/mol. The molecule has 7 nitrogen and oxygen atoms in total. The minimum Gasteiger partial charge on any atom is -0.482 e. The maximum absolute atomic E-state index is 12.3. The number of ether oxygens (including phenoxy) is 1. The molecule has 1 aromatic carbocycles. The molecule has 3 N–H and O–H groups in total. The Kier molecular flexibility index (Phi) is 8.03. The quantitative estimate of drug-likeness (QED) is 0.440. The number of amides is 1. The van der Waals surface area contributed by atoms with Gasteiger partial charge in [0.15, 0.2) is 6.61 Å². The lowest BCUT2D eigenvalue weighted by Crippen LogP contribution is -2.34. The van der Waals surface area contributed by atoms with Gasteiger partial charge in [0.1, 0.15) is 5.75 Å². The first-order chi connectivity index (χ1) is 15.0. The highest BCUT2D eigenvalue weighted by Gasteiger charge is 2.15. The van der Waals surface area contributed by atoms with Crippen LogP contribution in [-0.2, 0) is 11.2 Å². The summed E-state index contributed by atoms with van der Waals surface area (Å²) < 4.78 is 5.83. The summed E-state index contributed by atoms with van der Waals surface area (Å²) in [5, 5.41) is 14.8. The topological polar surface area (TPSA) is 90.5 Å². The van der Waals surface area contributed by atoms with Crippen molar-refractivity contribution in [3.8, 4) is 5.75 Å². The highest BCUT2D eigenvalue weighted by molar-refractivity contribution is 5.89. The number of aromatic amines is 1. The third kappa shape index (κ3) is 5.83. The number of H-pyrrole nitrogens is 1. The molecule has 0 aliphatic heterocycles. The number of pyridine rings is 1. The number of carbonyl (C=O) groups excluding carboxylic acids is 1. The van der Waals surface area contributed by atoms with Crippen molar-refractivity contribution >= 4 is 16.8 Å². The summed E-state index contributed by atoms with van der Waals surface area (Å²) in [5.41, 5.74) is 2.86. The van der Waals surface area contributed by atoms with Crippen LogP contribution in [0.5, 0.6) is 5.75 Å². The van der Waals surface area contributed by atoms with E-state index in [1.165, 1.54) is 0 Å². The highest BCUT2D eigenvalue weighted by atomic mass is 16.5. The molecule has 31 heavy (non-hydrogen) atoms. The number of nitrogens with one attached hydrogen (secondary N) is 2. The second-order valence-electron chi connectivity index (χ2n) is 7.66. The molecule has 1 amide bonds. The van der Waals surface area contributed by atoms with Crippen LogP contribution in [0.2, 0.25) is 0 Å². The summed E-state index contributed by atoms with van der Waals surface area (Å²) in [5.74, 6) is 0.663. The normalized spacial score (nSPS) is 13.2. The van der Waals surface area contributed by atoms with Crippen molar-refractivity contribution in [3.05, 3.63) is 60.0 Å². The minimum absolute atomic E-state index is 0.0150. The molecule has 0 aliphatic carbocycles. The van der Waals surface area contributed by atoms with Crippen molar-refractivity contribution in [2.75, 3.05) is 26.2 Å². The SMILES string of the molecule is CCN(CC)C(=O)COc1cccc2c(C[C@@H](C)NC[C@H](O)c3cccnc3)c[nH]c12. The summed E-state index contributed by atoms with van der Waals surface area (Å²) >= 11 is 0. The molecule has 7 heteroatoms. The van der Waals surface area contributed by atoms with Gasteiger partial charge >= 0.3 is 0 Å². The van der Waals surface area contributed by atoms with Gasteiger partial charge < -0.3 is 25.0 Å². The van der Waals surface area contributed by atoms with Crippen molar-refractivity contribution in [1.29, 1.82) is 0 Å². The fourth-order valence-corrected chi connectivity index (χ4v) is 3.69. The standard InChI is InChI=1S/C24H32N4O3/c1-4-28(5-2)23(30)16-31-22-10-6-9-20-19(14-27-24(20)22)12-17(3)26-15-21(29)18-8-7-11-25-13-18/h6-11,13-14,17,21,26-27,29H,4-5,12,15-16H2,1-3H3/t17-,21+/m1/s1. The Morgan fingerprint density at radius 3 is 2.77 bits per heavy atom. The summed E-state index contributed by atoms with van der Waals surface area (Å²) in [4.78, 5) is 21.4. The van der Waals surface area contributed by atoms with E-state index in [1.807, 2.05) is 44.3 Å². The molecule has 0 unspecified atom stereocenters. The van der Waals surface area contributed by atoms with Crippen molar-refractivity contribution in [2.45, 2.75) is 39.3 Å². The van der Waals surface area contributed by atoms with Gasteiger partial charge in [0.25, 0.3) is 5.91 Å². The zero-order valence-corrected chi connectivity index (χ0v) is 18.5. The number of fused-ring (bicyclic) bond motifs is 1. The Morgan fingerprint density at radius 2 is 2.06 bits per heavy atom. The van der Waals surface area contributed by atoms with E-state index in [9.17, 15) is 9.90 Å².